The van der Waals surface area contributed by atoms with Gasteiger partial charge in [-0.25, -0.2) is 0 Å². The molecule has 0 aliphatic heterocycles. The van der Waals surface area contributed by atoms with Gasteiger partial charge < -0.3 is 10.6 Å². The monoisotopic (exact) mass is 172 g/mol. The molecule has 0 fully saturated rings. The third-order valence-electron chi connectivity index (χ3n) is 2.17. The summed E-state index contributed by atoms with van der Waals surface area (Å²) in [6.07, 6.45) is 1.05. The van der Waals surface area contributed by atoms with Gasteiger partial charge in [0.1, 0.15) is 0 Å². The zero-order chi connectivity index (χ0) is 9.94. The van der Waals surface area contributed by atoms with Gasteiger partial charge in [0.2, 0.25) is 0 Å². The lowest BCUT2D eigenvalue weighted by Gasteiger charge is -2.33. The van der Waals surface area contributed by atoms with Gasteiger partial charge in [0.25, 0.3) is 0 Å². The van der Waals surface area contributed by atoms with E-state index < -0.39 is 0 Å². The van der Waals surface area contributed by atoms with Gasteiger partial charge in [0, 0.05) is 11.6 Å². The molecule has 12 heavy (non-hydrogen) atoms. The summed E-state index contributed by atoms with van der Waals surface area (Å²) >= 11 is 0. The Morgan fingerprint density at radius 3 is 1.75 bits per heavy atom. The Hall–Kier alpha value is -0.0800. The first-order valence-electron chi connectivity index (χ1n) is 4.69. The van der Waals surface area contributed by atoms with E-state index in [1.54, 1.807) is 0 Å². The Morgan fingerprint density at radius 1 is 1.25 bits per heavy atom. The lowest BCUT2D eigenvalue weighted by atomic mass is 9.89. The van der Waals surface area contributed by atoms with E-state index in [0.717, 1.165) is 6.42 Å². The van der Waals surface area contributed by atoms with E-state index >= 15 is 0 Å². The highest BCUT2D eigenvalue weighted by Gasteiger charge is 2.22. The molecule has 0 bridgehead atoms. The summed E-state index contributed by atoms with van der Waals surface area (Å²) in [5.74, 6) is 0.669. The average Bonchev–Trinajstić information content (AvgIpc) is 1.79. The van der Waals surface area contributed by atoms with E-state index in [0.29, 0.717) is 12.0 Å². The number of hydrogen-bond donors (Lipinski definition) is 1. The standard InChI is InChI=1S/C10H24N2/c1-8(2)9(12(5)6)7-10(3,4)11/h8-9H,7,11H2,1-6H3. The molecule has 1 atom stereocenters. The predicted molar refractivity (Wildman–Crippen MR) is 55.2 cm³/mol. The molecule has 2 N–H and O–H groups in total. The summed E-state index contributed by atoms with van der Waals surface area (Å²) in [5, 5.41) is 0. The molecule has 2 nitrogen and oxygen atoms in total. The zero-order valence-corrected chi connectivity index (χ0v) is 9.39. The first-order chi connectivity index (χ1) is 5.24. The SMILES string of the molecule is CC(C)C(CC(C)(C)N)N(C)C. The van der Waals surface area contributed by atoms with Crippen molar-refractivity contribution in [2.24, 2.45) is 11.7 Å². The van der Waals surface area contributed by atoms with Gasteiger partial charge in [-0.05, 0) is 40.3 Å². The van der Waals surface area contributed by atoms with Crippen molar-refractivity contribution >= 4 is 0 Å². The van der Waals surface area contributed by atoms with Crippen LogP contribution in [0.3, 0.4) is 0 Å². The maximum atomic E-state index is 5.99. The second-order valence-electron chi connectivity index (χ2n) is 4.97. The summed E-state index contributed by atoms with van der Waals surface area (Å²) in [6, 6.07) is 0.588. The molecule has 0 rings (SSSR count). The molecule has 0 aliphatic rings. The first-order valence-corrected chi connectivity index (χ1v) is 4.69. The van der Waals surface area contributed by atoms with Crippen LogP contribution in [0.2, 0.25) is 0 Å². The lowest BCUT2D eigenvalue weighted by Crippen LogP contribution is -2.43. The summed E-state index contributed by atoms with van der Waals surface area (Å²) in [7, 11) is 4.24. The third kappa shape index (κ3) is 4.73. The van der Waals surface area contributed by atoms with Crippen LogP contribution in [0.15, 0.2) is 0 Å². The van der Waals surface area contributed by atoms with E-state index in [2.05, 4.69) is 46.7 Å². The average molecular weight is 172 g/mol. The van der Waals surface area contributed by atoms with Gasteiger partial charge in [0.15, 0.2) is 0 Å². The highest BCUT2D eigenvalue weighted by atomic mass is 15.1. The second kappa shape index (κ2) is 4.24. The minimum Gasteiger partial charge on any atom is -0.326 e. The molecule has 0 heterocycles. The van der Waals surface area contributed by atoms with Crippen molar-refractivity contribution in [3.8, 4) is 0 Å². The molecule has 2 heteroatoms. The molecule has 0 spiro atoms. The minimum absolute atomic E-state index is 0.0563. The van der Waals surface area contributed by atoms with E-state index in [-0.39, 0.29) is 5.54 Å². The molecular weight excluding hydrogens is 148 g/mol. The van der Waals surface area contributed by atoms with Crippen LogP contribution >= 0.6 is 0 Å². The highest BCUT2D eigenvalue weighted by molar-refractivity contribution is 4.82. The maximum Gasteiger partial charge on any atom is 0.0129 e. The van der Waals surface area contributed by atoms with Crippen LogP contribution in [0.1, 0.15) is 34.1 Å². The maximum absolute atomic E-state index is 5.99. The van der Waals surface area contributed by atoms with E-state index in [1.165, 1.54) is 0 Å². The largest absolute Gasteiger partial charge is 0.326 e. The van der Waals surface area contributed by atoms with Crippen LogP contribution in [0, 0.1) is 5.92 Å². The van der Waals surface area contributed by atoms with Gasteiger partial charge in [-0.2, -0.15) is 0 Å². The van der Waals surface area contributed by atoms with Gasteiger partial charge in [-0.15, -0.1) is 0 Å². The van der Waals surface area contributed by atoms with E-state index in [1.807, 2.05) is 0 Å². The molecule has 0 aromatic rings. The molecular formula is C10H24N2. The Balaban J connectivity index is 4.15. The third-order valence-corrected chi connectivity index (χ3v) is 2.17. The van der Waals surface area contributed by atoms with Crippen LogP contribution in [-0.4, -0.2) is 30.6 Å². The number of nitrogens with zero attached hydrogens (tertiary/aromatic N) is 1. The molecule has 0 amide bonds. The fourth-order valence-electron chi connectivity index (χ4n) is 1.55. The molecule has 0 saturated carbocycles. The smallest absolute Gasteiger partial charge is 0.0129 e. The molecule has 0 radical (unpaired) electrons. The molecule has 0 aliphatic carbocycles. The van der Waals surface area contributed by atoms with Crippen molar-refractivity contribution in [3.05, 3.63) is 0 Å². The van der Waals surface area contributed by atoms with Gasteiger partial charge >= 0.3 is 0 Å². The van der Waals surface area contributed by atoms with Crippen LogP contribution in [0.4, 0.5) is 0 Å². The van der Waals surface area contributed by atoms with E-state index in [9.17, 15) is 0 Å². The minimum atomic E-state index is -0.0563. The van der Waals surface area contributed by atoms with Gasteiger partial charge in [0.05, 0.1) is 0 Å². The highest BCUT2D eigenvalue weighted by Crippen LogP contribution is 2.17. The predicted octanol–water partition coefficient (Wildman–Crippen LogP) is 1.70. The van der Waals surface area contributed by atoms with Crippen molar-refractivity contribution in [1.29, 1.82) is 0 Å². The molecule has 1 unspecified atom stereocenters. The summed E-state index contributed by atoms with van der Waals surface area (Å²) in [6.45, 7) is 8.67. The van der Waals surface area contributed by atoms with Gasteiger partial charge in [-0.3, -0.25) is 0 Å². The van der Waals surface area contributed by atoms with Crippen LogP contribution in [-0.2, 0) is 0 Å². The summed E-state index contributed by atoms with van der Waals surface area (Å²) in [4.78, 5) is 2.26. The van der Waals surface area contributed by atoms with Crippen molar-refractivity contribution in [1.82, 2.24) is 4.90 Å². The molecule has 0 aromatic heterocycles. The Labute approximate surface area is 77.1 Å². The fraction of sp³-hybridized carbons (Fsp3) is 1.00. The van der Waals surface area contributed by atoms with Crippen molar-refractivity contribution in [3.63, 3.8) is 0 Å². The zero-order valence-electron chi connectivity index (χ0n) is 9.39. The van der Waals surface area contributed by atoms with Crippen molar-refractivity contribution < 1.29 is 0 Å². The normalized spacial score (nSPS) is 15.8. The molecule has 74 valence electrons. The van der Waals surface area contributed by atoms with Crippen LogP contribution in [0.25, 0.3) is 0 Å². The van der Waals surface area contributed by atoms with Gasteiger partial charge in [-0.1, -0.05) is 13.8 Å². The quantitative estimate of drug-likeness (QED) is 0.699. The number of nitrogens with two attached hydrogens (primary N) is 1. The van der Waals surface area contributed by atoms with Crippen molar-refractivity contribution in [2.45, 2.75) is 45.7 Å². The van der Waals surface area contributed by atoms with Crippen LogP contribution in [0.5, 0.6) is 0 Å². The Morgan fingerprint density at radius 2 is 1.67 bits per heavy atom. The van der Waals surface area contributed by atoms with Crippen molar-refractivity contribution in [2.75, 3.05) is 14.1 Å². The lowest BCUT2D eigenvalue weighted by molar-refractivity contribution is 0.188. The molecule has 0 saturated heterocycles. The topological polar surface area (TPSA) is 29.3 Å². The Bertz CT molecular complexity index is 114. The number of hydrogen-bond acceptors (Lipinski definition) is 2. The Kier molecular flexibility index (Phi) is 4.21. The molecule has 0 aromatic carbocycles. The summed E-state index contributed by atoms with van der Waals surface area (Å²) < 4.78 is 0. The number of rotatable bonds is 4. The first kappa shape index (κ1) is 11.9. The second-order valence-corrected chi connectivity index (χ2v) is 4.97. The van der Waals surface area contributed by atoms with Crippen LogP contribution < -0.4 is 5.73 Å². The fourth-order valence-corrected chi connectivity index (χ4v) is 1.55. The summed E-state index contributed by atoms with van der Waals surface area (Å²) in [5.41, 5.74) is 5.93. The van der Waals surface area contributed by atoms with E-state index in [4.69, 9.17) is 5.73 Å².